The molecule has 0 atom stereocenters. The molecule has 17 heavy (non-hydrogen) atoms. The van der Waals surface area contributed by atoms with Gasteiger partial charge in [0.1, 0.15) is 5.58 Å². The van der Waals surface area contributed by atoms with Crippen LogP contribution in [0.2, 0.25) is 0 Å². The maximum atomic E-state index is 7.82. The van der Waals surface area contributed by atoms with E-state index >= 15 is 0 Å². The molecule has 2 aromatic rings. The van der Waals surface area contributed by atoms with Crippen LogP contribution in [0.15, 0.2) is 46.1 Å². The highest BCUT2D eigenvalue weighted by molar-refractivity contribution is 5.76. The summed E-state index contributed by atoms with van der Waals surface area (Å²) in [5.41, 5.74) is 8.78. The van der Waals surface area contributed by atoms with Crippen molar-refractivity contribution in [3.8, 4) is 0 Å². The number of benzene rings is 1. The summed E-state index contributed by atoms with van der Waals surface area (Å²) < 4.78 is 5.12. The quantitative estimate of drug-likeness (QED) is 0.319. The molecule has 0 bridgehead atoms. The molecule has 4 nitrogen and oxygen atoms in total. The third kappa shape index (κ3) is 5.09. The highest BCUT2D eigenvalue weighted by Gasteiger charge is 1.89. The smallest absolute Gasteiger partial charge is 0.133 e. The van der Waals surface area contributed by atoms with Gasteiger partial charge < -0.3 is 4.42 Å². The van der Waals surface area contributed by atoms with Crippen LogP contribution in [0.5, 0.6) is 0 Å². The first-order chi connectivity index (χ1) is 8.38. The van der Waals surface area contributed by atoms with E-state index in [0.29, 0.717) is 6.54 Å². The van der Waals surface area contributed by atoms with E-state index in [4.69, 9.17) is 9.95 Å². The molecule has 0 aliphatic rings. The minimum absolute atomic E-state index is 0.657. The lowest BCUT2D eigenvalue weighted by molar-refractivity contribution is 0.616. The summed E-state index contributed by atoms with van der Waals surface area (Å²) in [5.74, 6) is 0. The largest absolute Gasteiger partial charge is 0.464 e. The Morgan fingerprint density at radius 2 is 2.06 bits per heavy atom. The summed E-state index contributed by atoms with van der Waals surface area (Å²) in [5, 5.41) is 4.55. The molecule has 0 aliphatic heterocycles. The van der Waals surface area contributed by atoms with E-state index in [1.165, 1.54) is 12.8 Å². The van der Waals surface area contributed by atoms with Gasteiger partial charge in [-0.1, -0.05) is 43.1 Å². The van der Waals surface area contributed by atoms with Crippen LogP contribution in [0.3, 0.4) is 0 Å². The van der Waals surface area contributed by atoms with Crippen LogP contribution in [0, 0.1) is 0 Å². The minimum atomic E-state index is 0.657. The number of unbranched alkanes of at least 4 members (excludes halogenated alkanes) is 2. The molecule has 2 rings (SSSR count). The minimum Gasteiger partial charge on any atom is -0.464 e. The molecule has 0 fully saturated rings. The number of furan rings is 1. The van der Waals surface area contributed by atoms with Crippen LogP contribution in [-0.2, 0) is 0 Å². The van der Waals surface area contributed by atoms with Crippen molar-refractivity contribution in [2.45, 2.75) is 26.2 Å². The van der Waals surface area contributed by atoms with Gasteiger partial charge in [-0.3, -0.25) is 0 Å². The van der Waals surface area contributed by atoms with Gasteiger partial charge in [-0.05, 0) is 24.1 Å². The lowest BCUT2D eigenvalue weighted by Crippen LogP contribution is -1.76. The van der Waals surface area contributed by atoms with Crippen LogP contribution in [0.4, 0.5) is 0 Å². The van der Waals surface area contributed by atoms with Crippen molar-refractivity contribution in [2.75, 3.05) is 6.54 Å². The van der Waals surface area contributed by atoms with Gasteiger partial charge in [0, 0.05) is 16.8 Å². The summed E-state index contributed by atoms with van der Waals surface area (Å²) in [7, 11) is 0. The van der Waals surface area contributed by atoms with Gasteiger partial charge in [-0.2, -0.15) is 0 Å². The average Bonchev–Trinajstić information content (AvgIpc) is 2.84. The van der Waals surface area contributed by atoms with Gasteiger partial charge >= 0.3 is 0 Å². The Morgan fingerprint density at radius 1 is 1.24 bits per heavy atom. The second kappa shape index (κ2) is 8.25. The Hall–Kier alpha value is -1.93. The van der Waals surface area contributed by atoms with Crippen LogP contribution in [0.25, 0.3) is 21.4 Å². The van der Waals surface area contributed by atoms with Crippen LogP contribution in [0.1, 0.15) is 26.2 Å². The van der Waals surface area contributed by atoms with Crippen molar-refractivity contribution in [1.29, 1.82) is 0 Å². The molecule has 0 aliphatic carbocycles. The Kier molecular flexibility index (Phi) is 6.37. The van der Waals surface area contributed by atoms with E-state index in [0.717, 1.165) is 17.4 Å². The fourth-order valence-corrected chi connectivity index (χ4v) is 1.38. The molecule has 4 heteroatoms. The Morgan fingerprint density at radius 3 is 2.76 bits per heavy atom. The van der Waals surface area contributed by atoms with E-state index < -0.39 is 0 Å². The van der Waals surface area contributed by atoms with E-state index in [9.17, 15) is 0 Å². The van der Waals surface area contributed by atoms with Crippen molar-refractivity contribution in [3.05, 3.63) is 47.0 Å². The van der Waals surface area contributed by atoms with Gasteiger partial charge in [-0.25, -0.2) is 0 Å². The van der Waals surface area contributed by atoms with Gasteiger partial charge in [-0.15, -0.1) is 0 Å². The maximum Gasteiger partial charge on any atom is 0.133 e. The summed E-state index contributed by atoms with van der Waals surface area (Å²) in [6.07, 6.45) is 5.07. The molecule has 0 spiro atoms. The van der Waals surface area contributed by atoms with Gasteiger partial charge in [0.15, 0.2) is 0 Å². The predicted octanol–water partition coefficient (Wildman–Crippen LogP) is 4.92. The third-order valence-corrected chi connectivity index (χ3v) is 2.29. The number of hydrogen-bond acceptors (Lipinski definition) is 2. The Bertz CT molecular complexity index is 442. The molecule has 0 unspecified atom stereocenters. The SMILES string of the molecule is CCCCCN=[N+]=[N-].c1ccc2occc2c1. The molecule has 1 heterocycles. The number of fused-ring (bicyclic) bond motifs is 1. The Balaban J connectivity index is 0.000000172. The lowest BCUT2D eigenvalue weighted by Gasteiger charge is -1.86. The van der Waals surface area contributed by atoms with Gasteiger partial charge in [0.05, 0.1) is 6.26 Å². The summed E-state index contributed by atoms with van der Waals surface area (Å²) in [4.78, 5) is 2.63. The lowest BCUT2D eigenvalue weighted by atomic mass is 10.3. The van der Waals surface area contributed by atoms with E-state index in [2.05, 4.69) is 16.9 Å². The summed E-state index contributed by atoms with van der Waals surface area (Å²) >= 11 is 0. The summed E-state index contributed by atoms with van der Waals surface area (Å²) in [6, 6.07) is 9.90. The van der Waals surface area contributed by atoms with Crippen LogP contribution in [-0.4, -0.2) is 6.54 Å². The maximum absolute atomic E-state index is 7.82. The zero-order valence-electron chi connectivity index (χ0n) is 10.0. The van der Waals surface area contributed by atoms with E-state index in [1.807, 2.05) is 30.3 Å². The third-order valence-electron chi connectivity index (χ3n) is 2.29. The molecule has 0 saturated carbocycles. The number of nitrogens with zero attached hydrogens (tertiary/aromatic N) is 3. The molecular formula is C13H17N3O. The zero-order valence-corrected chi connectivity index (χ0v) is 10.0. The molecule has 1 aromatic carbocycles. The predicted molar refractivity (Wildman–Crippen MR) is 69.8 cm³/mol. The molecular weight excluding hydrogens is 214 g/mol. The monoisotopic (exact) mass is 231 g/mol. The first-order valence-electron chi connectivity index (χ1n) is 5.81. The molecule has 0 amide bonds. The topological polar surface area (TPSA) is 61.9 Å². The molecule has 0 N–H and O–H groups in total. The number of azide groups is 1. The highest BCUT2D eigenvalue weighted by atomic mass is 16.3. The molecule has 1 aromatic heterocycles. The van der Waals surface area contributed by atoms with Crippen LogP contribution >= 0.6 is 0 Å². The zero-order chi connectivity index (χ0) is 12.3. The van der Waals surface area contributed by atoms with Gasteiger partial charge in [0.2, 0.25) is 0 Å². The normalized spacial score (nSPS) is 9.24. The molecule has 90 valence electrons. The van der Waals surface area contributed by atoms with Crippen molar-refractivity contribution < 1.29 is 4.42 Å². The highest BCUT2D eigenvalue weighted by Crippen LogP contribution is 2.12. The average molecular weight is 231 g/mol. The summed E-state index contributed by atoms with van der Waals surface area (Å²) in [6.45, 7) is 2.78. The van der Waals surface area contributed by atoms with E-state index in [-0.39, 0.29) is 0 Å². The van der Waals surface area contributed by atoms with Gasteiger partial charge in [0.25, 0.3) is 0 Å². The Labute approximate surface area is 101 Å². The van der Waals surface area contributed by atoms with E-state index in [1.54, 1.807) is 6.26 Å². The fraction of sp³-hybridized carbons (Fsp3) is 0.385. The van der Waals surface area contributed by atoms with Crippen molar-refractivity contribution in [2.24, 2.45) is 5.11 Å². The number of hydrogen-bond donors (Lipinski definition) is 0. The van der Waals surface area contributed by atoms with Crippen LogP contribution < -0.4 is 0 Å². The number of rotatable bonds is 4. The molecule has 0 saturated heterocycles. The number of para-hydroxylation sites is 1. The van der Waals surface area contributed by atoms with Crippen molar-refractivity contribution >= 4 is 11.0 Å². The standard InChI is InChI=1S/C8H6O.C5H11N3/c1-2-4-8-7(3-1)5-6-9-8;1-2-3-4-5-7-8-6/h1-6H;2-5H2,1H3. The van der Waals surface area contributed by atoms with Crippen molar-refractivity contribution in [1.82, 2.24) is 0 Å². The fourth-order valence-electron chi connectivity index (χ4n) is 1.38. The second-order valence-electron chi connectivity index (χ2n) is 3.62. The first-order valence-corrected chi connectivity index (χ1v) is 5.81. The van der Waals surface area contributed by atoms with Crippen molar-refractivity contribution in [3.63, 3.8) is 0 Å². The second-order valence-corrected chi connectivity index (χ2v) is 3.62. The molecule has 0 radical (unpaired) electrons. The first kappa shape index (κ1) is 13.1.